The Labute approximate surface area is 93.1 Å². The smallest absolute Gasteiger partial charge is 0.0363 e. The van der Waals surface area contributed by atoms with E-state index in [0.29, 0.717) is 0 Å². The summed E-state index contributed by atoms with van der Waals surface area (Å²) in [5.41, 5.74) is 7.34. The summed E-state index contributed by atoms with van der Waals surface area (Å²) >= 11 is 0. The molecule has 2 nitrogen and oxygen atoms in total. The minimum atomic E-state index is 0.130. The molecule has 0 aliphatic carbocycles. The summed E-state index contributed by atoms with van der Waals surface area (Å²) < 4.78 is 0. The highest BCUT2D eigenvalue weighted by Gasteiger charge is 2.24. The van der Waals surface area contributed by atoms with Gasteiger partial charge in [0.25, 0.3) is 0 Å². The van der Waals surface area contributed by atoms with Crippen molar-refractivity contribution in [2.45, 2.75) is 26.8 Å². The summed E-state index contributed by atoms with van der Waals surface area (Å²) in [5.74, 6) is 0. The summed E-state index contributed by atoms with van der Waals surface area (Å²) in [4.78, 5) is 2.25. The second-order valence-electron chi connectivity index (χ2n) is 4.97. The molecule has 2 heteroatoms. The lowest BCUT2D eigenvalue weighted by molar-refractivity contribution is 0.308. The van der Waals surface area contributed by atoms with Gasteiger partial charge in [-0.2, -0.15) is 0 Å². The molecule has 0 saturated carbocycles. The van der Waals surface area contributed by atoms with Crippen molar-refractivity contribution < 1.29 is 0 Å². The van der Waals surface area contributed by atoms with E-state index in [-0.39, 0.29) is 11.5 Å². The molecule has 0 amide bonds. The molecule has 0 aliphatic heterocycles. The summed E-state index contributed by atoms with van der Waals surface area (Å²) in [6, 6.07) is 10.6. The molecule has 1 aromatic rings. The van der Waals surface area contributed by atoms with Crippen LogP contribution in [-0.4, -0.2) is 19.6 Å². The van der Waals surface area contributed by atoms with Crippen LogP contribution in [-0.2, 0) is 0 Å². The molecule has 0 spiro atoms. The van der Waals surface area contributed by atoms with Crippen LogP contribution >= 0.6 is 0 Å². The van der Waals surface area contributed by atoms with Gasteiger partial charge in [0.1, 0.15) is 0 Å². The first-order valence-electron chi connectivity index (χ1n) is 5.45. The highest BCUT2D eigenvalue weighted by molar-refractivity contribution is 5.45. The summed E-state index contributed by atoms with van der Waals surface area (Å²) in [6.07, 6.45) is 0. The highest BCUT2D eigenvalue weighted by Crippen LogP contribution is 2.23. The van der Waals surface area contributed by atoms with Crippen LogP contribution in [0.15, 0.2) is 30.3 Å². The van der Waals surface area contributed by atoms with E-state index in [1.54, 1.807) is 0 Å². The fourth-order valence-corrected chi connectivity index (χ4v) is 1.53. The van der Waals surface area contributed by atoms with Crippen molar-refractivity contribution in [1.82, 2.24) is 0 Å². The Bertz CT molecular complexity index is 291. The Hall–Kier alpha value is -1.02. The van der Waals surface area contributed by atoms with E-state index in [9.17, 15) is 0 Å². The van der Waals surface area contributed by atoms with Crippen molar-refractivity contribution in [3.8, 4) is 0 Å². The third-order valence-corrected chi connectivity index (χ3v) is 3.07. The molecule has 1 unspecified atom stereocenters. The lowest BCUT2D eigenvalue weighted by Crippen LogP contribution is -2.43. The number of anilines is 1. The molecule has 15 heavy (non-hydrogen) atoms. The van der Waals surface area contributed by atoms with E-state index in [1.807, 2.05) is 6.07 Å². The van der Waals surface area contributed by atoms with E-state index in [2.05, 4.69) is 57.0 Å². The average molecular weight is 206 g/mol. The third kappa shape index (κ3) is 3.24. The second kappa shape index (κ2) is 4.67. The van der Waals surface area contributed by atoms with Crippen molar-refractivity contribution >= 4 is 5.69 Å². The number of para-hydroxylation sites is 1. The number of nitrogens with two attached hydrogens (primary N) is 1. The van der Waals surface area contributed by atoms with Gasteiger partial charge in [0, 0.05) is 25.3 Å². The van der Waals surface area contributed by atoms with Gasteiger partial charge in [-0.25, -0.2) is 0 Å². The normalized spacial score (nSPS) is 13.7. The minimum Gasteiger partial charge on any atom is -0.374 e. The Morgan fingerprint density at radius 3 is 2.27 bits per heavy atom. The number of hydrogen-bond acceptors (Lipinski definition) is 2. The van der Waals surface area contributed by atoms with Gasteiger partial charge < -0.3 is 10.6 Å². The summed E-state index contributed by atoms with van der Waals surface area (Å²) in [5, 5.41) is 0. The number of benzene rings is 1. The zero-order valence-corrected chi connectivity index (χ0v) is 10.2. The van der Waals surface area contributed by atoms with Gasteiger partial charge in [0.2, 0.25) is 0 Å². The molecule has 0 heterocycles. The molecule has 84 valence electrons. The van der Waals surface area contributed by atoms with Crippen LogP contribution in [0, 0.1) is 5.41 Å². The molecule has 0 radical (unpaired) electrons. The molecule has 1 atom stereocenters. The molecule has 0 bridgehead atoms. The molecular formula is C13H22N2. The first-order chi connectivity index (χ1) is 6.93. The number of nitrogens with zero attached hydrogens (tertiary/aromatic N) is 1. The Morgan fingerprint density at radius 2 is 1.80 bits per heavy atom. The Morgan fingerprint density at radius 1 is 1.27 bits per heavy atom. The molecule has 2 N–H and O–H groups in total. The van der Waals surface area contributed by atoms with Crippen molar-refractivity contribution in [2.75, 3.05) is 18.5 Å². The standard InChI is InChI=1S/C13H22N2/c1-11(14)13(2,3)10-15(4)12-8-6-5-7-9-12/h5-9,11H,10,14H2,1-4H3. The zero-order valence-electron chi connectivity index (χ0n) is 10.2. The summed E-state index contributed by atoms with van der Waals surface area (Å²) in [6.45, 7) is 7.45. The maximum absolute atomic E-state index is 5.97. The van der Waals surface area contributed by atoms with E-state index in [1.165, 1.54) is 5.69 Å². The van der Waals surface area contributed by atoms with Crippen molar-refractivity contribution in [2.24, 2.45) is 11.1 Å². The molecule has 0 aromatic heterocycles. The maximum Gasteiger partial charge on any atom is 0.0363 e. The molecule has 0 saturated heterocycles. The van der Waals surface area contributed by atoms with E-state index >= 15 is 0 Å². The first-order valence-corrected chi connectivity index (χ1v) is 5.45. The second-order valence-corrected chi connectivity index (χ2v) is 4.97. The maximum atomic E-state index is 5.97. The van der Waals surface area contributed by atoms with Crippen LogP contribution in [0.25, 0.3) is 0 Å². The van der Waals surface area contributed by atoms with Crippen LogP contribution in [0.2, 0.25) is 0 Å². The molecule has 0 fully saturated rings. The summed E-state index contributed by atoms with van der Waals surface area (Å²) in [7, 11) is 2.11. The van der Waals surface area contributed by atoms with Gasteiger partial charge in [-0.05, 0) is 24.5 Å². The predicted molar refractivity (Wildman–Crippen MR) is 67.1 cm³/mol. The third-order valence-electron chi connectivity index (χ3n) is 3.07. The molecule has 1 aromatic carbocycles. The fraction of sp³-hybridized carbons (Fsp3) is 0.538. The van der Waals surface area contributed by atoms with Crippen LogP contribution in [0.4, 0.5) is 5.69 Å². The first kappa shape index (κ1) is 12.1. The molecule has 1 rings (SSSR count). The van der Waals surface area contributed by atoms with E-state index in [4.69, 9.17) is 5.73 Å². The SMILES string of the molecule is CC(N)C(C)(C)CN(C)c1ccccc1. The number of rotatable bonds is 4. The predicted octanol–water partition coefficient (Wildman–Crippen LogP) is 2.50. The van der Waals surface area contributed by atoms with Crippen molar-refractivity contribution in [3.63, 3.8) is 0 Å². The van der Waals surface area contributed by atoms with Crippen LogP contribution in [0.1, 0.15) is 20.8 Å². The topological polar surface area (TPSA) is 29.3 Å². The van der Waals surface area contributed by atoms with Gasteiger partial charge in [-0.3, -0.25) is 0 Å². The van der Waals surface area contributed by atoms with Crippen LogP contribution in [0.5, 0.6) is 0 Å². The van der Waals surface area contributed by atoms with Crippen molar-refractivity contribution in [1.29, 1.82) is 0 Å². The van der Waals surface area contributed by atoms with E-state index in [0.717, 1.165) is 6.54 Å². The van der Waals surface area contributed by atoms with Gasteiger partial charge in [0.15, 0.2) is 0 Å². The van der Waals surface area contributed by atoms with Gasteiger partial charge in [-0.1, -0.05) is 32.0 Å². The molecule has 0 aliphatic rings. The van der Waals surface area contributed by atoms with Crippen LogP contribution in [0.3, 0.4) is 0 Å². The fourth-order valence-electron chi connectivity index (χ4n) is 1.53. The molecular weight excluding hydrogens is 184 g/mol. The Kier molecular flexibility index (Phi) is 3.75. The van der Waals surface area contributed by atoms with Gasteiger partial charge >= 0.3 is 0 Å². The van der Waals surface area contributed by atoms with Gasteiger partial charge in [-0.15, -0.1) is 0 Å². The lowest BCUT2D eigenvalue weighted by Gasteiger charge is -2.34. The minimum absolute atomic E-state index is 0.130. The average Bonchev–Trinajstić information content (AvgIpc) is 2.18. The van der Waals surface area contributed by atoms with Gasteiger partial charge in [0.05, 0.1) is 0 Å². The van der Waals surface area contributed by atoms with Crippen LogP contribution < -0.4 is 10.6 Å². The number of hydrogen-bond donors (Lipinski definition) is 1. The monoisotopic (exact) mass is 206 g/mol. The van der Waals surface area contributed by atoms with E-state index < -0.39 is 0 Å². The Balaban J connectivity index is 2.68. The lowest BCUT2D eigenvalue weighted by atomic mass is 9.85. The zero-order chi connectivity index (χ0) is 11.5. The van der Waals surface area contributed by atoms with Crippen molar-refractivity contribution in [3.05, 3.63) is 30.3 Å². The quantitative estimate of drug-likeness (QED) is 0.820. The largest absolute Gasteiger partial charge is 0.374 e. The highest BCUT2D eigenvalue weighted by atomic mass is 15.1.